The van der Waals surface area contributed by atoms with E-state index in [9.17, 15) is 22.7 Å². The molecule has 2 N–H and O–H groups in total. The Morgan fingerprint density at radius 1 is 1.22 bits per heavy atom. The van der Waals surface area contributed by atoms with Crippen molar-refractivity contribution in [2.75, 3.05) is 17.6 Å². The van der Waals surface area contributed by atoms with E-state index in [-0.39, 0.29) is 24.7 Å². The van der Waals surface area contributed by atoms with Gasteiger partial charge in [-0.1, -0.05) is 26.0 Å². The Kier molecular flexibility index (Phi) is 8.45. The number of aliphatic hydroxyl groups is 1. The second-order valence-corrected chi connectivity index (χ2v) is 9.81. The molecule has 0 fully saturated rings. The average molecular weight is 466 g/mol. The van der Waals surface area contributed by atoms with Crippen molar-refractivity contribution in [1.82, 2.24) is 9.97 Å². The van der Waals surface area contributed by atoms with Crippen molar-refractivity contribution >= 4 is 28.0 Å². The zero-order chi connectivity index (χ0) is 24.1. The third kappa shape index (κ3) is 6.83. The lowest BCUT2D eigenvalue weighted by atomic mass is 9.97. The van der Waals surface area contributed by atoms with Crippen LogP contribution in [0.25, 0.3) is 17.3 Å². The highest BCUT2D eigenvalue weighted by Gasteiger charge is 2.22. The molecular formula is C22H28FN3O5S. The highest BCUT2D eigenvalue weighted by molar-refractivity contribution is 7.92. The maximum absolute atomic E-state index is 13.5. The molecule has 2 aromatic rings. The van der Waals surface area contributed by atoms with Crippen molar-refractivity contribution in [2.45, 2.75) is 45.1 Å². The molecule has 1 atom stereocenters. The number of anilines is 1. The Hall–Kier alpha value is -2.85. The lowest BCUT2D eigenvalue weighted by Crippen LogP contribution is -2.27. The van der Waals surface area contributed by atoms with Gasteiger partial charge in [-0.3, -0.25) is 4.79 Å². The van der Waals surface area contributed by atoms with Crippen LogP contribution in [0.15, 0.2) is 30.3 Å². The highest BCUT2D eigenvalue weighted by Crippen LogP contribution is 2.31. The quantitative estimate of drug-likeness (QED) is 0.551. The minimum Gasteiger partial charge on any atom is -0.481 e. The number of sulfonamides is 1. The number of nitrogens with zero attached hydrogens (tertiary/aromatic N) is 3. The minimum absolute atomic E-state index is 0.00422. The van der Waals surface area contributed by atoms with E-state index in [1.54, 1.807) is 24.3 Å². The number of aromatic nitrogens is 2. The molecule has 0 amide bonds. The molecular weight excluding hydrogens is 437 g/mol. The summed E-state index contributed by atoms with van der Waals surface area (Å²) in [6.07, 6.45) is 4.00. The summed E-state index contributed by atoms with van der Waals surface area (Å²) < 4.78 is 38.6. The number of hydrogen-bond acceptors (Lipinski definition) is 6. The number of aliphatic carboxylic acids is 1. The molecule has 0 aliphatic heterocycles. The van der Waals surface area contributed by atoms with Gasteiger partial charge >= 0.3 is 5.97 Å². The monoisotopic (exact) mass is 465 g/mol. The van der Waals surface area contributed by atoms with Crippen LogP contribution in [0.4, 0.5) is 10.3 Å². The van der Waals surface area contributed by atoms with E-state index in [0.717, 1.165) is 10.6 Å². The number of hydrogen-bond donors (Lipinski definition) is 2. The number of halogens is 1. The van der Waals surface area contributed by atoms with Gasteiger partial charge in [-0.25, -0.2) is 27.1 Å². The van der Waals surface area contributed by atoms with Gasteiger partial charge in [0.2, 0.25) is 16.0 Å². The summed E-state index contributed by atoms with van der Waals surface area (Å²) in [7, 11) is -2.24. The van der Waals surface area contributed by atoms with Crippen LogP contribution in [-0.4, -0.2) is 54.0 Å². The van der Waals surface area contributed by atoms with Crippen molar-refractivity contribution in [3.63, 3.8) is 0 Å². The van der Waals surface area contributed by atoms with E-state index in [2.05, 4.69) is 9.97 Å². The summed E-state index contributed by atoms with van der Waals surface area (Å²) >= 11 is 0. The Bertz CT molecular complexity index is 1090. The fraction of sp³-hybridized carbons (Fsp3) is 0.409. The summed E-state index contributed by atoms with van der Waals surface area (Å²) in [6, 6.07) is 5.70. The van der Waals surface area contributed by atoms with Crippen LogP contribution < -0.4 is 4.31 Å². The molecule has 0 aliphatic rings. The first kappa shape index (κ1) is 25.4. The number of rotatable bonds is 10. The lowest BCUT2D eigenvalue weighted by Gasteiger charge is -2.20. The summed E-state index contributed by atoms with van der Waals surface area (Å²) in [5.41, 5.74) is 2.28. The van der Waals surface area contributed by atoms with Crippen LogP contribution in [0.5, 0.6) is 0 Å². The standard InChI is InChI=1S/C22H28FN3O5S/c1-14(2)20-18(8-6-5-7-17(27)13-19(28)29)21(15-9-11-16(23)12-10-15)25-22(24-20)26(3)32(4,30)31/h6,8-12,14,17,27H,5,7,13H2,1-4H3,(H,28,29)/b8-6+/t17-/m1/s1. The number of carboxylic acids is 1. The number of allylic oxidation sites excluding steroid dienone is 1. The van der Waals surface area contributed by atoms with E-state index in [0.29, 0.717) is 28.9 Å². The van der Waals surface area contributed by atoms with Gasteiger partial charge in [0, 0.05) is 18.2 Å². The van der Waals surface area contributed by atoms with Crippen molar-refractivity contribution in [3.05, 3.63) is 47.4 Å². The van der Waals surface area contributed by atoms with Crippen molar-refractivity contribution < 1.29 is 27.8 Å². The summed E-state index contributed by atoms with van der Waals surface area (Å²) in [4.78, 5) is 19.6. The number of carboxylic acid groups (broad SMARTS) is 1. The van der Waals surface area contributed by atoms with Gasteiger partial charge < -0.3 is 10.2 Å². The number of benzene rings is 1. The van der Waals surface area contributed by atoms with Gasteiger partial charge in [0.25, 0.3) is 0 Å². The van der Waals surface area contributed by atoms with Gasteiger partial charge in [0.1, 0.15) is 5.82 Å². The largest absolute Gasteiger partial charge is 0.481 e. The zero-order valence-corrected chi connectivity index (χ0v) is 19.3. The Labute approximate surface area is 187 Å². The van der Waals surface area contributed by atoms with Crippen molar-refractivity contribution in [3.8, 4) is 11.3 Å². The molecule has 10 heteroatoms. The molecule has 1 heterocycles. The van der Waals surface area contributed by atoms with Crippen molar-refractivity contribution in [1.29, 1.82) is 0 Å². The summed E-state index contributed by atoms with van der Waals surface area (Å²) in [5, 5.41) is 18.5. The normalized spacial score (nSPS) is 13.0. The van der Waals surface area contributed by atoms with Gasteiger partial charge in [-0.05, 0) is 43.0 Å². The van der Waals surface area contributed by atoms with Crippen LogP contribution in [0.2, 0.25) is 0 Å². The molecule has 8 nitrogen and oxygen atoms in total. The summed E-state index contributed by atoms with van der Waals surface area (Å²) in [6.45, 7) is 3.82. The predicted molar refractivity (Wildman–Crippen MR) is 121 cm³/mol. The van der Waals surface area contributed by atoms with Crippen LogP contribution in [0.1, 0.15) is 50.3 Å². The number of aliphatic hydroxyl groups excluding tert-OH is 1. The van der Waals surface area contributed by atoms with Crippen LogP contribution in [0, 0.1) is 5.82 Å². The summed E-state index contributed by atoms with van der Waals surface area (Å²) in [5.74, 6) is -1.56. The molecule has 1 aromatic heterocycles. The Morgan fingerprint density at radius 3 is 2.38 bits per heavy atom. The third-order valence-electron chi connectivity index (χ3n) is 4.77. The molecule has 32 heavy (non-hydrogen) atoms. The van der Waals surface area contributed by atoms with Crippen LogP contribution in [0.3, 0.4) is 0 Å². The SMILES string of the molecule is CC(C)c1nc(N(C)S(C)(=O)=O)nc(-c2ccc(F)cc2)c1/C=C/CC[C@@H](O)CC(=O)O. The first-order chi connectivity index (χ1) is 14.9. The molecule has 0 bridgehead atoms. The fourth-order valence-corrected chi connectivity index (χ4v) is 3.37. The van der Waals surface area contributed by atoms with Crippen molar-refractivity contribution in [2.24, 2.45) is 0 Å². The molecule has 0 radical (unpaired) electrons. The van der Waals surface area contributed by atoms with Gasteiger partial charge in [0.05, 0.1) is 30.2 Å². The van der Waals surface area contributed by atoms with Gasteiger partial charge in [0.15, 0.2) is 0 Å². The topological polar surface area (TPSA) is 121 Å². The van der Waals surface area contributed by atoms with Gasteiger partial charge in [-0.2, -0.15) is 0 Å². The smallest absolute Gasteiger partial charge is 0.305 e. The molecule has 1 aromatic carbocycles. The lowest BCUT2D eigenvalue weighted by molar-refractivity contribution is -0.139. The second-order valence-electron chi connectivity index (χ2n) is 7.79. The maximum Gasteiger partial charge on any atom is 0.305 e. The Balaban J connectivity index is 2.55. The second kappa shape index (κ2) is 10.6. The predicted octanol–water partition coefficient (Wildman–Crippen LogP) is 3.43. The first-order valence-electron chi connectivity index (χ1n) is 10.1. The maximum atomic E-state index is 13.5. The van der Waals surface area contributed by atoms with Crippen LogP contribution >= 0.6 is 0 Å². The molecule has 0 saturated carbocycles. The third-order valence-corrected chi connectivity index (χ3v) is 5.93. The fourth-order valence-electron chi connectivity index (χ4n) is 2.99. The molecule has 2 rings (SSSR count). The molecule has 0 aliphatic carbocycles. The zero-order valence-electron chi connectivity index (χ0n) is 18.5. The molecule has 0 unspecified atom stereocenters. The first-order valence-corrected chi connectivity index (χ1v) is 11.9. The van der Waals surface area contributed by atoms with E-state index < -0.39 is 27.9 Å². The molecule has 0 saturated heterocycles. The highest BCUT2D eigenvalue weighted by atomic mass is 32.2. The van der Waals surface area contributed by atoms with E-state index in [4.69, 9.17) is 5.11 Å². The molecule has 0 spiro atoms. The van der Waals surface area contributed by atoms with Gasteiger partial charge in [-0.15, -0.1) is 0 Å². The molecule has 174 valence electrons. The van der Waals surface area contributed by atoms with Crippen LogP contribution in [-0.2, 0) is 14.8 Å². The Morgan fingerprint density at radius 2 is 1.84 bits per heavy atom. The number of carbonyl (C=O) groups is 1. The van der Waals surface area contributed by atoms with E-state index >= 15 is 0 Å². The van der Waals surface area contributed by atoms with E-state index in [1.807, 2.05) is 13.8 Å². The van der Waals surface area contributed by atoms with E-state index in [1.165, 1.54) is 19.2 Å². The minimum atomic E-state index is -3.60. The average Bonchev–Trinajstić information content (AvgIpc) is 2.69.